The van der Waals surface area contributed by atoms with Crippen molar-refractivity contribution in [1.29, 1.82) is 0 Å². The van der Waals surface area contributed by atoms with Crippen molar-refractivity contribution in [3.05, 3.63) is 12.4 Å². The summed E-state index contributed by atoms with van der Waals surface area (Å²) in [4.78, 5) is 4.24. The lowest BCUT2D eigenvalue weighted by Crippen LogP contribution is -2.48. The molecule has 0 aromatic carbocycles. The molecule has 0 amide bonds. The summed E-state index contributed by atoms with van der Waals surface area (Å²) in [6, 6.07) is 0. The van der Waals surface area contributed by atoms with Gasteiger partial charge in [-0.3, -0.25) is 0 Å². The van der Waals surface area contributed by atoms with E-state index in [-0.39, 0.29) is 12.1 Å². The number of aliphatic hydroxyl groups excluding tert-OH is 1. The molecule has 0 radical (unpaired) electrons. The van der Waals surface area contributed by atoms with Crippen molar-refractivity contribution < 1.29 is 5.11 Å². The molecule has 4 heteroatoms. The number of imidazole rings is 1. The molecule has 4 nitrogen and oxygen atoms in total. The SMILES string of the molecule is CCn1ccnc1NC1(CO)CCC1. The Kier molecular flexibility index (Phi) is 2.46. The zero-order valence-corrected chi connectivity index (χ0v) is 8.53. The number of nitrogens with one attached hydrogen (secondary N) is 1. The van der Waals surface area contributed by atoms with E-state index in [1.165, 1.54) is 6.42 Å². The Hall–Kier alpha value is -1.03. The summed E-state index contributed by atoms with van der Waals surface area (Å²) in [6.07, 6.45) is 7.02. The lowest BCUT2D eigenvalue weighted by Gasteiger charge is -2.41. The van der Waals surface area contributed by atoms with E-state index < -0.39 is 0 Å². The van der Waals surface area contributed by atoms with Crippen molar-refractivity contribution in [2.45, 2.75) is 38.3 Å². The van der Waals surface area contributed by atoms with Crippen molar-refractivity contribution in [1.82, 2.24) is 9.55 Å². The Balaban J connectivity index is 2.09. The third-order valence-corrected chi connectivity index (χ3v) is 3.05. The van der Waals surface area contributed by atoms with Crippen LogP contribution >= 0.6 is 0 Å². The van der Waals surface area contributed by atoms with Crippen molar-refractivity contribution in [3.8, 4) is 0 Å². The summed E-state index contributed by atoms with van der Waals surface area (Å²) in [5.41, 5.74) is -0.0989. The van der Waals surface area contributed by atoms with Crippen LogP contribution in [0.15, 0.2) is 12.4 Å². The highest BCUT2D eigenvalue weighted by Crippen LogP contribution is 2.34. The van der Waals surface area contributed by atoms with Gasteiger partial charge >= 0.3 is 0 Å². The Bertz CT molecular complexity index is 299. The molecule has 1 fully saturated rings. The summed E-state index contributed by atoms with van der Waals surface area (Å²) in [5.74, 6) is 0.876. The van der Waals surface area contributed by atoms with Crippen LogP contribution in [0.2, 0.25) is 0 Å². The molecule has 1 aliphatic carbocycles. The van der Waals surface area contributed by atoms with Crippen LogP contribution in [0.25, 0.3) is 0 Å². The van der Waals surface area contributed by atoms with Gasteiger partial charge in [-0.05, 0) is 26.2 Å². The number of hydrogen-bond donors (Lipinski definition) is 2. The van der Waals surface area contributed by atoms with Gasteiger partial charge in [0.05, 0.1) is 12.1 Å². The number of aliphatic hydroxyl groups is 1. The summed E-state index contributed by atoms with van der Waals surface area (Å²) >= 11 is 0. The normalized spacial score (nSPS) is 19.0. The highest BCUT2D eigenvalue weighted by atomic mass is 16.3. The first-order chi connectivity index (χ1) is 6.79. The third-order valence-electron chi connectivity index (χ3n) is 3.05. The van der Waals surface area contributed by atoms with Crippen LogP contribution in [0.3, 0.4) is 0 Å². The van der Waals surface area contributed by atoms with E-state index in [0.717, 1.165) is 25.3 Å². The highest BCUT2D eigenvalue weighted by Gasteiger charge is 2.37. The Labute approximate surface area is 84.0 Å². The van der Waals surface area contributed by atoms with Crippen LogP contribution in [-0.4, -0.2) is 26.8 Å². The van der Waals surface area contributed by atoms with E-state index in [9.17, 15) is 5.11 Å². The van der Waals surface area contributed by atoms with Gasteiger partial charge in [0, 0.05) is 18.9 Å². The number of aromatic nitrogens is 2. The summed E-state index contributed by atoms with van der Waals surface area (Å²) in [6.45, 7) is 3.19. The molecule has 1 heterocycles. The maximum atomic E-state index is 9.30. The lowest BCUT2D eigenvalue weighted by molar-refractivity contribution is 0.143. The molecule has 0 spiro atoms. The Morgan fingerprint density at radius 1 is 1.64 bits per heavy atom. The summed E-state index contributed by atoms with van der Waals surface area (Å²) in [5, 5.41) is 12.6. The van der Waals surface area contributed by atoms with Gasteiger partial charge in [-0.2, -0.15) is 0 Å². The van der Waals surface area contributed by atoms with Gasteiger partial charge in [0.25, 0.3) is 0 Å². The third kappa shape index (κ3) is 1.50. The van der Waals surface area contributed by atoms with Crippen LogP contribution in [0.4, 0.5) is 5.95 Å². The largest absolute Gasteiger partial charge is 0.394 e. The molecule has 0 unspecified atom stereocenters. The van der Waals surface area contributed by atoms with Gasteiger partial charge in [-0.1, -0.05) is 0 Å². The maximum absolute atomic E-state index is 9.30. The first-order valence-electron chi connectivity index (χ1n) is 5.20. The summed E-state index contributed by atoms with van der Waals surface area (Å²) in [7, 11) is 0. The highest BCUT2D eigenvalue weighted by molar-refractivity contribution is 5.32. The predicted molar refractivity (Wildman–Crippen MR) is 55.2 cm³/mol. The van der Waals surface area contributed by atoms with Gasteiger partial charge in [0.2, 0.25) is 5.95 Å². The lowest BCUT2D eigenvalue weighted by atomic mass is 9.77. The van der Waals surface area contributed by atoms with Gasteiger partial charge in [-0.15, -0.1) is 0 Å². The molecule has 14 heavy (non-hydrogen) atoms. The van der Waals surface area contributed by atoms with E-state index in [0.29, 0.717) is 0 Å². The zero-order chi connectivity index (χ0) is 10.0. The minimum Gasteiger partial charge on any atom is -0.394 e. The fourth-order valence-electron chi connectivity index (χ4n) is 1.85. The molecule has 1 saturated carbocycles. The van der Waals surface area contributed by atoms with Crippen LogP contribution < -0.4 is 5.32 Å². The van der Waals surface area contributed by atoms with E-state index >= 15 is 0 Å². The molecule has 2 N–H and O–H groups in total. The van der Waals surface area contributed by atoms with E-state index in [2.05, 4.69) is 21.8 Å². The average Bonchev–Trinajstić information content (AvgIpc) is 2.58. The van der Waals surface area contributed by atoms with Crippen LogP contribution in [0.1, 0.15) is 26.2 Å². The van der Waals surface area contributed by atoms with E-state index in [4.69, 9.17) is 0 Å². The second-order valence-corrected chi connectivity index (χ2v) is 3.95. The molecule has 1 aromatic rings. The number of anilines is 1. The monoisotopic (exact) mass is 195 g/mol. The first kappa shape index (κ1) is 9.52. The molecular weight excluding hydrogens is 178 g/mol. The number of hydrogen-bond acceptors (Lipinski definition) is 3. The summed E-state index contributed by atoms with van der Waals surface area (Å²) < 4.78 is 2.05. The number of nitrogens with zero attached hydrogens (tertiary/aromatic N) is 2. The Morgan fingerprint density at radius 2 is 2.43 bits per heavy atom. The van der Waals surface area contributed by atoms with Crippen LogP contribution in [-0.2, 0) is 6.54 Å². The molecule has 1 aliphatic rings. The van der Waals surface area contributed by atoms with E-state index in [1.807, 2.05) is 6.20 Å². The molecule has 78 valence electrons. The topological polar surface area (TPSA) is 50.1 Å². The minimum absolute atomic E-state index is 0.0989. The van der Waals surface area contributed by atoms with Crippen molar-refractivity contribution in [3.63, 3.8) is 0 Å². The molecule has 2 rings (SSSR count). The van der Waals surface area contributed by atoms with Gasteiger partial charge in [0.1, 0.15) is 0 Å². The minimum atomic E-state index is -0.0989. The quantitative estimate of drug-likeness (QED) is 0.759. The second kappa shape index (κ2) is 3.61. The standard InChI is InChI=1S/C10H17N3O/c1-2-13-7-6-11-9(13)12-10(8-14)4-3-5-10/h6-7,14H,2-5,8H2,1H3,(H,11,12). The van der Waals surface area contributed by atoms with Crippen molar-refractivity contribution >= 4 is 5.95 Å². The molecule has 0 bridgehead atoms. The smallest absolute Gasteiger partial charge is 0.203 e. The molecule has 1 aromatic heterocycles. The average molecular weight is 195 g/mol. The number of aryl methyl sites for hydroxylation is 1. The molecule has 0 aliphatic heterocycles. The van der Waals surface area contributed by atoms with Gasteiger partial charge < -0.3 is 15.0 Å². The predicted octanol–water partition coefficient (Wildman–Crippen LogP) is 1.23. The first-order valence-corrected chi connectivity index (χ1v) is 5.20. The molecule has 0 saturated heterocycles. The Morgan fingerprint density at radius 3 is 2.93 bits per heavy atom. The zero-order valence-electron chi connectivity index (χ0n) is 8.53. The van der Waals surface area contributed by atoms with Crippen molar-refractivity contribution in [2.75, 3.05) is 11.9 Å². The molecular formula is C10H17N3O. The van der Waals surface area contributed by atoms with Crippen LogP contribution in [0, 0.1) is 0 Å². The van der Waals surface area contributed by atoms with E-state index in [1.54, 1.807) is 6.20 Å². The van der Waals surface area contributed by atoms with Gasteiger partial charge in [0.15, 0.2) is 0 Å². The second-order valence-electron chi connectivity index (χ2n) is 3.95. The maximum Gasteiger partial charge on any atom is 0.203 e. The van der Waals surface area contributed by atoms with Crippen molar-refractivity contribution in [2.24, 2.45) is 0 Å². The van der Waals surface area contributed by atoms with Crippen LogP contribution in [0.5, 0.6) is 0 Å². The number of rotatable bonds is 4. The fraction of sp³-hybridized carbons (Fsp3) is 0.700. The fourth-order valence-corrected chi connectivity index (χ4v) is 1.85. The molecule has 0 atom stereocenters. The van der Waals surface area contributed by atoms with Gasteiger partial charge in [-0.25, -0.2) is 4.98 Å².